The van der Waals surface area contributed by atoms with Gasteiger partial charge in [-0.15, -0.1) is 11.3 Å². The van der Waals surface area contributed by atoms with E-state index in [2.05, 4.69) is 10.3 Å². The van der Waals surface area contributed by atoms with Gasteiger partial charge in [0, 0.05) is 17.5 Å². The fourth-order valence-corrected chi connectivity index (χ4v) is 3.94. The molecule has 5 nitrogen and oxygen atoms in total. The van der Waals surface area contributed by atoms with Gasteiger partial charge in [-0.2, -0.15) is 0 Å². The number of nitrogens with one attached hydrogen (secondary N) is 1. The number of carbonyl (C=O) groups excluding carboxylic acids is 1. The highest BCUT2D eigenvalue weighted by Gasteiger charge is 2.14. The molecular formula is C25H19F3N2O3S. The lowest BCUT2D eigenvalue weighted by Gasteiger charge is -2.12. The van der Waals surface area contributed by atoms with Gasteiger partial charge in [-0.3, -0.25) is 4.79 Å². The summed E-state index contributed by atoms with van der Waals surface area (Å²) in [5.74, 6) is -1.76. The molecule has 0 saturated carbocycles. The molecule has 0 radical (unpaired) electrons. The van der Waals surface area contributed by atoms with Crippen LogP contribution in [0, 0.1) is 17.5 Å². The monoisotopic (exact) mass is 484 g/mol. The van der Waals surface area contributed by atoms with Crippen LogP contribution in [0.3, 0.4) is 0 Å². The summed E-state index contributed by atoms with van der Waals surface area (Å²) in [6, 6.07) is 14.7. The van der Waals surface area contributed by atoms with E-state index in [0.717, 1.165) is 12.1 Å². The highest BCUT2D eigenvalue weighted by molar-refractivity contribution is 7.13. The molecule has 0 spiro atoms. The highest BCUT2D eigenvalue weighted by atomic mass is 32.1. The van der Waals surface area contributed by atoms with Crippen molar-refractivity contribution in [3.63, 3.8) is 0 Å². The van der Waals surface area contributed by atoms with Gasteiger partial charge in [0.2, 0.25) is 0 Å². The van der Waals surface area contributed by atoms with Crippen LogP contribution in [0.25, 0.3) is 10.6 Å². The van der Waals surface area contributed by atoms with E-state index in [9.17, 15) is 18.0 Å². The lowest BCUT2D eigenvalue weighted by molar-refractivity contribution is 0.0946. The van der Waals surface area contributed by atoms with Crippen LogP contribution >= 0.6 is 11.3 Å². The van der Waals surface area contributed by atoms with E-state index >= 15 is 0 Å². The summed E-state index contributed by atoms with van der Waals surface area (Å²) in [7, 11) is 1.48. The molecule has 9 heteroatoms. The smallest absolute Gasteiger partial charge is 0.271 e. The molecule has 1 heterocycles. The number of rotatable bonds is 8. The van der Waals surface area contributed by atoms with Crippen LogP contribution < -0.4 is 14.8 Å². The van der Waals surface area contributed by atoms with E-state index in [4.69, 9.17) is 9.47 Å². The van der Waals surface area contributed by atoms with Crippen LogP contribution in [0.2, 0.25) is 0 Å². The Morgan fingerprint density at radius 3 is 2.59 bits per heavy atom. The summed E-state index contributed by atoms with van der Waals surface area (Å²) in [6.45, 7) is 0.209. The second-order valence-corrected chi connectivity index (χ2v) is 8.11. The van der Waals surface area contributed by atoms with Crippen molar-refractivity contribution < 1.29 is 27.4 Å². The first-order valence-electron chi connectivity index (χ1n) is 10.2. The van der Waals surface area contributed by atoms with Gasteiger partial charge in [0.25, 0.3) is 5.91 Å². The van der Waals surface area contributed by atoms with Crippen LogP contribution in [-0.2, 0) is 13.2 Å². The van der Waals surface area contributed by atoms with Crippen molar-refractivity contribution in [2.75, 3.05) is 7.11 Å². The molecule has 4 rings (SSSR count). The topological polar surface area (TPSA) is 60.5 Å². The summed E-state index contributed by atoms with van der Waals surface area (Å²) < 4.78 is 50.9. The number of halogens is 3. The van der Waals surface area contributed by atoms with Crippen molar-refractivity contribution in [2.24, 2.45) is 0 Å². The van der Waals surface area contributed by atoms with E-state index < -0.39 is 11.6 Å². The minimum absolute atomic E-state index is 0.0276. The second-order valence-electron chi connectivity index (χ2n) is 7.25. The quantitative estimate of drug-likeness (QED) is 0.346. The van der Waals surface area contributed by atoms with Crippen LogP contribution in [0.1, 0.15) is 21.6 Å². The maximum absolute atomic E-state index is 13.4. The third-order valence-corrected chi connectivity index (χ3v) is 5.76. The molecular weight excluding hydrogens is 465 g/mol. The SMILES string of the molecule is COc1cc(-c2nc(C(=O)NCc3cccc(F)c3)cs2)ccc1OCc1ccc(F)c(F)c1. The van der Waals surface area contributed by atoms with Crippen LogP contribution in [0.5, 0.6) is 11.5 Å². The normalized spacial score (nSPS) is 10.7. The zero-order valence-electron chi connectivity index (χ0n) is 18.0. The first kappa shape index (κ1) is 23.3. The molecule has 0 atom stereocenters. The highest BCUT2D eigenvalue weighted by Crippen LogP contribution is 2.34. The van der Waals surface area contributed by atoms with Crippen molar-refractivity contribution in [1.82, 2.24) is 10.3 Å². The minimum atomic E-state index is -0.942. The lowest BCUT2D eigenvalue weighted by Crippen LogP contribution is -2.23. The first-order chi connectivity index (χ1) is 16.4. The Balaban J connectivity index is 1.43. The summed E-state index contributed by atoms with van der Waals surface area (Å²) in [5.41, 5.74) is 2.08. The molecule has 0 saturated heterocycles. The Morgan fingerprint density at radius 2 is 1.82 bits per heavy atom. The van der Waals surface area contributed by atoms with Crippen LogP contribution in [0.4, 0.5) is 13.2 Å². The van der Waals surface area contributed by atoms with Crippen molar-refractivity contribution in [2.45, 2.75) is 13.2 Å². The van der Waals surface area contributed by atoms with Gasteiger partial charge in [-0.1, -0.05) is 18.2 Å². The summed E-state index contributed by atoms with van der Waals surface area (Å²) in [4.78, 5) is 16.8. The molecule has 0 aliphatic heterocycles. The molecule has 0 fully saturated rings. The Morgan fingerprint density at radius 1 is 0.971 bits per heavy atom. The molecule has 1 amide bonds. The number of carbonyl (C=O) groups is 1. The molecule has 3 aromatic carbocycles. The zero-order valence-corrected chi connectivity index (χ0v) is 18.8. The lowest BCUT2D eigenvalue weighted by atomic mass is 10.2. The second kappa shape index (κ2) is 10.4. The van der Waals surface area contributed by atoms with Gasteiger partial charge in [-0.25, -0.2) is 18.2 Å². The molecule has 1 N–H and O–H groups in total. The maximum atomic E-state index is 13.4. The predicted molar refractivity (Wildman–Crippen MR) is 122 cm³/mol. The Hall–Kier alpha value is -3.85. The van der Waals surface area contributed by atoms with Gasteiger partial charge in [0.05, 0.1) is 7.11 Å². The number of hydrogen-bond acceptors (Lipinski definition) is 5. The van der Waals surface area contributed by atoms with Crippen molar-refractivity contribution in [3.8, 4) is 22.1 Å². The maximum Gasteiger partial charge on any atom is 0.271 e. The van der Waals surface area contributed by atoms with Crippen LogP contribution in [0.15, 0.2) is 66.0 Å². The van der Waals surface area contributed by atoms with Crippen LogP contribution in [-0.4, -0.2) is 18.0 Å². The minimum Gasteiger partial charge on any atom is -0.493 e. The Kier molecular flexibility index (Phi) is 7.12. The number of thiazole rings is 1. The number of methoxy groups -OCH3 is 1. The number of amides is 1. The number of nitrogens with zero attached hydrogens (tertiary/aromatic N) is 1. The zero-order chi connectivity index (χ0) is 24.1. The van der Waals surface area contributed by atoms with E-state index in [1.54, 1.807) is 35.7 Å². The Labute approximate surface area is 197 Å². The fourth-order valence-electron chi connectivity index (χ4n) is 3.14. The van der Waals surface area contributed by atoms with Gasteiger partial charge in [0.1, 0.15) is 23.1 Å². The predicted octanol–water partition coefficient (Wildman–Crippen LogP) is 5.75. The van der Waals surface area contributed by atoms with Gasteiger partial charge >= 0.3 is 0 Å². The molecule has 174 valence electrons. The van der Waals surface area contributed by atoms with Crippen molar-refractivity contribution in [1.29, 1.82) is 0 Å². The molecule has 1 aromatic heterocycles. The van der Waals surface area contributed by atoms with E-state index in [-0.39, 0.29) is 30.6 Å². The fraction of sp³-hybridized carbons (Fsp3) is 0.120. The van der Waals surface area contributed by atoms with Gasteiger partial charge in [-0.05, 0) is 53.6 Å². The molecule has 0 aliphatic rings. The summed E-state index contributed by atoms with van der Waals surface area (Å²) in [6.07, 6.45) is 0. The average Bonchev–Trinajstić information content (AvgIpc) is 3.34. The molecule has 0 bridgehead atoms. The van der Waals surface area contributed by atoms with Gasteiger partial charge < -0.3 is 14.8 Å². The van der Waals surface area contributed by atoms with Crippen molar-refractivity contribution in [3.05, 3.63) is 100 Å². The van der Waals surface area contributed by atoms with E-state index in [1.807, 2.05) is 0 Å². The summed E-state index contributed by atoms with van der Waals surface area (Å²) in [5, 5.41) is 4.96. The Bertz CT molecular complexity index is 1330. The largest absolute Gasteiger partial charge is 0.493 e. The first-order valence-corrected chi connectivity index (χ1v) is 11.0. The summed E-state index contributed by atoms with van der Waals surface area (Å²) >= 11 is 1.29. The van der Waals surface area contributed by atoms with Crippen molar-refractivity contribution >= 4 is 17.2 Å². The molecule has 0 unspecified atom stereocenters. The van der Waals surface area contributed by atoms with Gasteiger partial charge in [0.15, 0.2) is 23.1 Å². The third kappa shape index (κ3) is 5.55. The number of ether oxygens (including phenoxy) is 2. The standard InChI is InChI=1S/C25H19F3N2O3S/c1-32-23-11-17(6-8-22(23)33-13-16-5-7-19(27)20(28)10-16)25-30-21(14-34-25)24(31)29-12-15-3-2-4-18(26)9-15/h2-11,14H,12-13H2,1H3,(H,29,31). The molecule has 4 aromatic rings. The number of benzene rings is 3. The van der Waals surface area contributed by atoms with E-state index in [0.29, 0.717) is 33.2 Å². The number of hydrogen-bond donors (Lipinski definition) is 1. The number of aromatic nitrogens is 1. The average molecular weight is 484 g/mol. The third-order valence-electron chi connectivity index (χ3n) is 4.87. The molecule has 0 aliphatic carbocycles. The van der Waals surface area contributed by atoms with E-state index in [1.165, 1.54) is 36.6 Å². The molecule has 34 heavy (non-hydrogen) atoms.